The molecule has 1 fully saturated rings. The van der Waals surface area contributed by atoms with Crippen LogP contribution in [0.15, 0.2) is 24.3 Å². The first-order chi connectivity index (χ1) is 9.72. The van der Waals surface area contributed by atoms with Crippen LogP contribution in [-0.4, -0.2) is 10.8 Å². The predicted molar refractivity (Wildman–Crippen MR) is 78.4 cm³/mol. The largest absolute Gasteiger partial charge is 0.352 e. The Labute approximate surface area is 118 Å². The third-order valence-electron chi connectivity index (χ3n) is 4.39. The van der Waals surface area contributed by atoms with Crippen LogP contribution in [0.1, 0.15) is 55.4 Å². The number of fused-ring (bicyclic) bond motifs is 1. The van der Waals surface area contributed by atoms with Crippen molar-refractivity contribution in [2.45, 2.75) is 44.9 Å². The highest BCUT2D eigenvalue weighted by molar-refractivity contribution is 5.99. The van der Waals surface area contributed by atoms with E-state index in [0.29, 0.717) is 12.1 Å². The van der Waals surface area contributed by atoms with Crippen LogP contribution >= 0.6 is 0 Å². The molecule has 0 saturated heterocycles. The molecular weight excluding hydrogens is 253 g/mol. The van der Waals surface area contributed by atoms with Gasteiger partial charge in [0.1, 0.15) is 5.82 Å². The molecule has 3 heteroatoms. The Hall–Kier alpha value is -1.64. The molecule has 1 aromatic carbocycles. The molecule has 0 bridgehead atoms. The summed E-state index contributed by atoms with van der Waals surface area (Å²) in [6.45, 7) is 0. The van der Waals surface area contributed by atoms with E-state index in [1.54, 1.807) is 12.1 Å². The summed E-state index contributed by atoms with van der Waals surface area (Å²) in [5, 5.41) is 0.769. The number of Topliss-reactive ketones (excluding diaryl/α,β-unsaturated/α-hetero) is 1. The van der Waals surface area contributed by atoms with Crippen molar-refractivity contribution in [3.8, 4) is 0 Å². The number of benzene rings is 1. The van der Waals surface area contributed by atoms with Crippen molar-refractivity contribution >= 4 is 16.7 Å². The number of hydrogen-bond acceptors (Lipinski definition) is 1. The van der Waals surface area contributed by atoms with E-state index in [9.17, 15) is 9.18 Å². The lowest BCUT2D eigenvalue weighted by atomic mass is 9.85. The van der Waals surface area contributed by atoms with E-state index in [1.807, 2.05) is 0 Å². The van der Waals surface area contributed by atoms with Crippen molar-refractivity contribution in [1.82, 2.24) is 4.98 Å². The van der Waals surface area contributed by atoms with Crippen molar-refractivity contribution in [2.75, 3.05) is 0 Å². The number of aromatic amines is 1. The average Bonchev–Trinajstić information content (AvgIpc) is 2.89. The maximum atomic E-state index is 13.1. The van der Waals surface area contributed by atoms with Crippen LogP contribution in [0.4, 0.5) is 4.39 Å². The standard InChI is InChI=1S/C17H20FNO/c18-14-7-8-15-13(10-14)11-16(19-15)17(20)9-6-12-4-2-1-3-5-12/h7-8,10-12,19H,1-6,9H2. The van der Waals surface area contributed by atoms with Crippen molar-refractivity contribution in [3.05, 3.63) is 35.8 Å². The number of H-pyrrole nitrogens is 1. The number of hydrogen-bond donors (Lipinski definition) is 1. The molecule has 1 heterocycles. The molecule has 3 rings (SSSR count). The van der Waals surface area contributed by atoms with Crippen molar-refractivity contribution in [1.29, 1.82) is 0 Å². The topological polar surface area (TPSA) is 32.9 Å². The van der Waals surface area contributed by atoms with E-state index < -0.39 is 0 Å². The monoisotopic (exact) mass is 273 g/mol. The Balaban J connectivity index is 1.65. The third-order valence-corrected chi connectivity index (χ3v) is 4.39. The summed E-state index contributed by atoms with van der Waals surface area (Å²) in [6.07, 6.45) is 8.09. The number of nitrogens with one attached hydrogen (secondary N) is 1. The molecule has 0 unspecified atom stereocenters. The Morgan fingerprint density at radius 3 is 2.80 bits per heavy atom. The van der Waals surface area contributed by atoms with Gasteiger partial charge in [-0.2, -0.15) is 0 Å². The van der Waals surface area contributed by atoms with Crippen LogP contribution in [0.2, 0.25) is 0 Å². The number of carbonyl (C=O) groups excluding carboxylic acids is 1. The van der Waals surface area contributed by atoms with Gasteiger partial charge in [0.05, 0.1) is 5.69 Å². The van der Waals surface area contributed by atoms with Crippen molar-refractivity contribution in [2.24, 2.45) is 5.92 Å². The van der Waals surface area contributed by atoms with Crippen LogP contribution in [0.3, 0.4) is 0 Å². The van der Waals surface area contributed by atoms with Gasteiger partial charge in [0, 0.05) is 17.3 Å². The van der Waals surface area contributed by atoms with Crippen LogP contribution in [0.5, 0.6) is 0 Å². The fourth-order valence-corrected chi connectivity index (χ4v) is 3.20. The summed E-state index contributed by atoms with van der Waals surface area (Å²) in [6, 6.07) is 6.32. The van der Waals surface area contributed by atoms with Gasteiger partial charge in [-0.15, -0.1) is 0 Å². The molecule has 20 heavy (non-hydrogen) atoms. The predicted octanol–water partition coefficient (Wildman–Crippen LogP) is 4.85. The molecule has 0 atom stereocenters. The normalized spacial score (nSPS) is 16.6. The molecule has 1 N–H and O–H groups in total. The first-order valence-corrected chi connectivity index (χ1v) is 7.54. The lowest BCUT2D eigenvalue weighted by Gasteiger charge is -2.20. The van der Waals surface area contributed by atoms with Crippen LogP contribution in [0.25, 0.3) is 10.9 Å². The molecule has 0 radical (unpaired) electrons. The molecule has 1 saturated carbocycles. The Kier molecular flexibility index (Phi) is 3.86. The zero-order chi connectivity index (χ0) is 13.9. The van der Waals surface area contributed by atoms with E-state index in [0.717, 1.165) is 23.2 Å². The van der Waals surface area contributed by atoms with Gasteiger partial charge in [-0.05, 0) is 36.6 Å². The molecular formula is C17H20FNO. The fourth-order valence-electron chi connectivity index (χ4n) is 3.20. The van der Waals surface area contributed by atoms with Gasteiger partial charge >= 0.3 is 0 Å². The summed E-state index contributed by atoms with van der Waals surface area (Å²) in [7, 11) is 0. The second-order valence-electron chi connectivity index (χ2n) is 5.88. The minimum absolute atomic E-state index is 0.146. The van der Waals surface area contributed by atoms with Gasteiger partial charge < -0.3 is 4.98 Å². The Morgan fingerprint density at radius 2 is 2.00 bits per heavy atom. The van der Waals surface area contributed by atoms with E-state index in [-0.39, 0.29) is 11.6 Å². The first kappa shape index (κ1) is 13.3. The summed E-state index contributed by atoms with van der Waals surface area (Å²) in [5.41, 5.74) is 1.44. The summed E-state index contributed by atoms with van der Waals surface area (Å²) in [4.78, 5) is 15.3. The lowest BCUT2D eigenvalue weighted by molar-refractivity contribution is 0.0966. The van der Waals surface area contributed by atoms with Gasteiger partial charge in [0.25, 0.3) is 0 Å². The lowest BCUT2D eigenvalue weighted by Crippen LogP contribution is -2.09. The number of rotatable bonds is 4. The Bertz CT molecular complexity index is 610. The average molecular weight is 273 g/mol. The number of aromatic nitrogens is 1. The number of ketones is 1. The minimum Gasteiger partial charge on any atom is -0.352 e. The molecule has 1 aliphatic rings. The molecule has 1 aromatic heterocycles. The molecule has 0 spiro atoms. The zero-order valence-corrected chi connectivity index (χ0v) is 11.6. The molecule has 1 aliphatic carbocycles. The second-order valence-corrected chi connectivity index (χ2v) is 5.88. The molecule has 106 valence electrons. The van der Waals surface area contributed by atoms with Gasteiger partial charge in [0.2, 0.25) is 0 Å². The minimum atomic E-state index is -0.266. The third kappa shape index (κ3) is 2.92. The number of carbonyl (C=O) groups is 1. The summed E-state index contributed by atoms with van der Waals surface area (Å²) >= 11 is 0. The fraction of sp³-hybridized carbons (Fsp3) is 0.471. The quantitative estimate of drug-likeness (QED) is 0.793. The van der Waals surface area contributed by atoms with E-state index in [1.165, 1.54) is 44.2 Å². The summed E-state index contributed by atoms with van der Waals surface area (Å²) < 4.78 is 13.1. The highest BCUT2D eigenvalue weighted by Crippen LogP contribution is 2.28. The summed E-state index contributed by atoms with van der Waals surface area (Å²) in [5.74, 6) is 0.597. The smallest absolute Gasteiger partial charge is 0.179 e. The van der Waals surface area contributed by atoms with E-state index >= 15 is 0 Å². The zero-order valence-electron chi connectivity index (χ0n) is 11.6. The molecule has 2 aromatic rings. The Morgan fingerprint density at radius 1 is 1.20 bits per heavy atom. The van der Waals surface area contributed by atoms with Crippen molar-refractivity contribution < 1.29 is 9.18 Å². The van der Waals surface area contributed by atoms with E-state index in [2.05, 4.69) is 4.98 Å². The highest BCUT2D eigenvalue weighted by atomic mass is 19.1. The van der Waals surface area contributed by atoms with Crippen LogP contribution in [0, 0.1) is 11.7 Å². The van der Waals surface area contributed by atoms with Gasteiger partial charge in [-0.1, -0.05) is 32.1 Å². The van der Waals surface area contributed by atoms with Crippen molar-refractivity contribution in [3.63, 3.8) is 0 Å². The van der Waals surface area contributed by atoms with E-state index in [4.69, 9.17) is 0 Å². The highest BCUT2D eigenvalue weighted by Gasteiger charge is 2.16. The van der Waals surface area contributed by atoms with Gasteiger partial charge in [0.15, 0.2) is 5.78 Å². The van der Waals surface area contributed by atoms with Crippen LogP contribution < -0.4 is 0 Å². The molecule has 2 nitrogen and oxygen atoms in total. The molecule has 0 amide bonds. The van der Waals surface area contributed by atoms with Gasteiger partial charge in [-0.3, -0.25) is 4.79 Å². The maximum absolute atomic E-state index is 13.1. The SMILES string of the molecule is O=C(CCC1CCCCC1)c1cc2cc(F)ccc2[nH]1. The second kappa shape index (κ2) is 5.78. The number of halogens is 1. The first-order valence-electron chi connectivity index (χ1n) is 7.54. The maximum Gasteiger partial charge on any atom is 0.179 e. The molecule has 0 aliphatic heterocycles. The van der Waals surface area contributed by atoms with Crippen LogP contribution in [-0.2, 0) is 0 Å². The van der Waals surface area contributed by atoms with Gasteiger partial charge in [-0.25, -0.2) is 4.39 Å².